The van der Waals surface area contributed by atoms with Crippen molar-refractivity contribution in [3.63, 3.8) is 0 Å². The number of halogens is 1. The second-order valence-electron chi connectivity index (χ2n) is 12.4. The van der Waals surface area contributed by atoms with Crippen LogP contribution in [0.3, 0.4) is 0 Å². The number of nitrogens with two attached hydrogens (primary N) is 1. The summed E-state index contributed by atoms with van der Waals surface area (Å²) in [6.45, 7) is 7.73. The number of nitrogens with zero attached hydrogens (tertiary/aromatic N) is 1. The van der Waals surface area contributed by atoms with Crippen molar-refractivity contribution in [3.05, 3.63) is 83.4 Å². The number of hydrogen-bond donors (Lipinski definition) is 2. The molecule has 1 amide bonds. The van der Waals surface area contributed by atoms with Gasteiger partial charge in [-0.2, -0.15) is 0 Å². The second kappa shape index (κ2) is 13.8. The van der Waals surface area contributed by atoms with E-state index in [4.69, 9.17) is 15.2 Å². The third-order valence-corrected chi connectivity index (χ3v) is 9.40. The fraction of sp³-hybridized carbons (Fsp3) is 0.417. The average Bonchev–Trinajstić information content (AvgIpc) is 3.23. The molecule has 3 atom stereocenters. The molecule has 43 heavy (non-hydrogen) atoms. The minimum atomic E-state index is -0.205. The van der Waals surface area contributed by atoms with Crippen LogP contribution in [0, 0.1) is 5.92 Å². The Bertz CT molecular complexity index is 1430. The number of ether oxygens (including phenoxy) is 2. The molecule has 3 aliphatic heterocycles. The van der Waals surface area contributed by atoms with E-state index in [-0.39, 0.29) is 47.4 Å². The molecule has 3 N–H and O–H groups in total. The van der Waals surface area contributed by atoms with E-state index in [1.807, 2.05) is 24.3 Å². The molecule has 0 aliphatic carbocycles. The molecule has 0 aromatic heterocycles. The Morgan fingerprint density at radius 3 is 2.44 bits per heavy atom. The predicted octanol–water partition coefficient (Wildman–Crippen LogP) is 7.45. The van der Waals surface area contributed by atoms with Crippen molar-refractivity contribution in [2.24, 2.45) is 11.7 Å². The van der Waals surface area contributed by atoms with E-state index in [1.165, 1.54) is 30.5 Å². The van der Waals surface area contributed by atoms with Crippen LogP contribution < -0.4 is 20.7 Å². The molecular weight excluding hydrogens is 649 g/mol. The number of rotatable bonds is 6. The van der Waals surface area contributed by atoms with Gasteiger partial charge in [-0.25, -0.2) is 0 Å². The Balaban J connectivity index is 0.00000368. The van der Waals surface area contributed by atoms with Crippen molar-refractivity contribution in [1.82, 2.24) is 0 Å². The Morgan fingerprint density at radius 2 is 1.70 bits per heavy atom. The van der Waals surface area contributed by atoms with Crippen LogP contribution in [0.15, 0.2) is 72.3 Å². The fourth-order valence-electron chi connectivity index (χ4n) is 6.33. The molecule has 6 nitrogen and oxygen atoms in total. The van der Waals surface area contributed by atoms with Crippen LogP contribution in [0.1, 0.15) is 57.1 Å². The number of anilines is 2. The number of benzene rings is 3. The highest BCUT2D eigenvalue weighted by Crippen LogP contribution is 2.33. The van der Waals surface area contributed by atoms with Crippen molar-refractivity contribution >= 4 is 47.3 Å². The molecule has 6 rings (SSSR count). The monoisotopic (exact) mass is 693 g/mol. The second-order valence-corrected chi connectivity index (χ2v) is 12.4. The highest BCUT2D eigenvalue weighted by atomic mass is 127. The van der Waals surface area contributed by atoms with Gasteiger partial charge < -0.3 is 25.4 Å². The number of piperidine rings is 1. The van der Waals surface area contributed by atoms with Crippen LogP contribution in [0.2, 0.25) is 0 Å². The van der Waals surface area contributed by atoms with Gasteiger partial charge in [-0.15, -0.1) is 24.0 Å². The standard InChI is InChI=1S/C36H43N3O3.HI/c1-25-34(42-21-17-36(25,2)37)22-26-6-11-31(12-7-26)38-35(40)29-16-20-41-33-15-10-28(23-30(33)24-29)27-8-13-32(14-9-27)39-18-4-3-5-19-39;/h6-15,23-25,34H,3-5,16-22,37H2,1-2H3,(H,38,40);1H. The topological polar surface area (TPSA) is 76.8 Å². The maximum Gasteiger partial charge on any atom is 0.251 e. The van der Waals surface area contributed by atoms with Crippen molar-refractivity contribution < 1.29 is 14.3 Å². The predicted molar refractivity (Wildman–Crippen MR) is 186 cm³/mol. The Morgan fingerprint density at radius 1 is 0.977 bits per heavy atom. The van der Waals surface area contributed by atoms with Crippen LogP contribution in [0.4, 0.5) is 11.4 Å². The first-order valence-electron chi connectivity index (χ1n) is 15.5. The summed E-state index contributed by atoms with van der Waals surface area (Å²) in [5, 5.41) is 3.09. The van der Waals surface area contributed by atoms with Crippen LogP contribution in [0.5, 0.6) is 5.75 Å². The van der Waals surface area contributed by atoms with Gasteiger partial charge in [0.25, 0.3) is 5.91 Å². The zero-order valence-electron chi connectivity index (χ0n) is 25.3. The van der Waals surface area contributed by atoms with Gasteiger partial charge in [0.15, 0.2) is 0 Å². The lowest BCUT2D eigenvalue weighted by Crippen LogP contribution is -2.53. The molecule has 3 heterocycles. The van der Waals surface area contributed by atoms with Crippen LogP contribution in [-0.2, 0) is 16.0 Å². The van der Waals surface area contributed by atoms with Crippen LogP contribution in [-0.4, -0.2) is 43.9 Å². The third-order valence-electron chi connectivity index (χ3n) is 9.40. The highest BCUT2D eigenvalue weighted by molar-refractivity contribution is 14.0. The van der Waals surface area contributed by atoms with Gasteiger partial charge >= 0.3 is 0 Å². The van der Waals surface area contributed by atoms with Crippen molar-refractivity contribution in [1.29, 1.82) is 0 Å². The van der Waals surface area contributed by atoms with E-state index in [0.29, 0.717) is 25.2 Å². The summed E-state index contributed by atoms with van der Waals surface area (Å²) in [4.78, 5) is 15.8. The molecule has 0 spiro atoms. The molecule has 3 aromatic carbocycles. The van der Waals surface area contributed by atoms with Gasteiger partial charge in [0, 0.05) is 60.1 Å². The first-order valence-corrected chi connectivity index (χ1v) is 15.5. The largest absolute Gasteiger partial charge is 0.493 e. The normalized spacial score (nSPS) is 23.6. The third kappa shape index (κ3) is 7.44. The van der Waals surface area contributed by atoms with Gasteiger partial charge in [0.1, 0.15) is 5.75 Å². The Labute approximate surface area is 273 Å². The zero-order valence-corrected chi connectivity index (χ0v) is 27.6. The molecule has 0 radical (unpaired) electrons. The minimum Gasteiger partial charge on any atom is -0.493 e. The number of amides is 1. The van der Waals surface area contributed by atoms with Gasteiger partial charge in [-0.3, -0.25) is 4.79 Å². The Kier molecular flexibility index (Phi) is 10.1. The lowest BCUT2D eigenvalue weighted by atomic mass is 9.78. The number of fused-ring (bicyclic) bond motifs is 1. The number of carbonyl (C=O) groups is 1. The molecule has 3 unspecified atom stereocenters. The molecule has 0 bridgehead atoms. The van der Waals surface area contributed by atoms with Gasteiger partial charge in [0.2, 0.25) is 0 Å². The molecule has 0 saturated carbocycles. The van der Waals surface area contributed by atoms with E-state index < -0.39 is 0 Å². The molecular formula is C36H44IN3O3. The first kappa shape index (κ1) is 31.5. The number of nitrogens with one attached hydrogen (secondary N) is 1. The molecule has 228 valence electrons. The van der Waals surface area contributed by atoms with E-state index in [1.54, 1.807) is 0 Å². The van der Waals surface area contributed by atoms with Gasteiger partial charge in [-0.1, -0.05) is 37.3 Å². The number of hydrogen-bond acceptors (Lipinski definition) is 5. The quantitative estimate of drug-likeness (QED) is 0.263. The lowest BCUT2D eigenvalue weighted by Gasteiger charge is -2.42. The Hall–Kier alpha value is -2.88. The summed E-state index contributed by atoms with van der Waals surface area (Å²) in [7, 11) is 0. The molecule has 3 aliphatic rings. The zero-order chi connectivity index (χ0) is 29.1. The highest BCUT2D eigenvalue weighted by Gasteiger charge is 2.37. The summed E-state index contributed by atoms with van der Waals surface area (Å²) in [6.07, 6.45) is 8.18. The average molecular weight is 694 g/mol. The minimum absolute atomic E-state index is 0. The fourth-order valence-corrected chi connectivity index (χ4v) is 6.33. The number of carbonyl (C=O) groups excluding carboxylic acids is 1. The van der Waals surface area contributed by atoms with E-state index >= 15 is 0 Å². The molecule has 2 saturated heterocycles. The first-order chi connectivity index (χ1) is 20.4. The summed E-state index contributed by atoms with van der Waals surface area (Å²) < 4.78 is 12.1. The van der Waals surface area contributed by atoms with Gasteiger partial charge in [-0.05, 0) is 98.2 Å². The van der Waals surface area contributed by atoms with E-state index in [0.717, 1.165) is 54.1 Å². The SMILES string of the molecule is CC1C(Cc2ccc(NC(=O)C3=Cc4cc(-c5ccc(N6CCCCC6)cc5)ccc4OCC3)cc2)OCCC1(C)N.I. The molecule has 7 heteroatoms. The summed E-state index contributed by atoms with van der Waals surface area (Å²) in [6, 6.07) is 23.1. The summed E-state index contributed by atoms with van der Waals surface area (Å²) in [5.41, 5.74) is 13.4. The van der Waals surface area contributed by atoms with E-state index in [9.17, 15) is 4.79 Å². The molecule has 3 aromatic rings. The van der Waals surface area contributed by atoms with Crippen molar-refractivity contribution in [2.75, 3.05) is 36.5 Å². The maximum absolute atomic E-state index is 13.3. The van der Waals surface area contributed by atoms with Gasteiger partial charge in [0.05, 0.1) is 12.7 Å². The van der Waals surface area contributed by atoms with Crippen molar-refractivity contribution in [3.8, 4) is 16.9 Å². The van der Waals surface area contributed by atoms with Crippen molar-refractivity contribution in [2.45, 2.75) is 64.0 Å². The molecule has 2 fully saturated rings. The van der Waals surface area contributed by atoms with Crippen LogP contribution >= 0.6 is 24.0 Å². The van der Waals surface area contributed by atoms with E-state index in [2.05, 4.69) is 72.6 Å². The maximum atomic E-state index is 13.3. The lowest BCUT2D eigenvalue weighted by molar-refractivity contribution is -0.113. The summed E-state index contributed by atoms with van der Waals surface area (Å²) >= 11 is 0. The summed E-state index contributed by atoms with van der Waals surface area (Å²) in [5.74, 6) is 0.986. The smallest absolute Gasteiger partial charge is 0.251 e. The van der Waals surface area contributed by atoms with Crippen LogP contribution in [0.25, 0.3) is 17.2 Å².